The first-order valence-corrected chi connectivity index (χ1v) is 7.58. The number of hydrogen-bond donors (Lipinski definition) is 2. The number of likely N-dealkylation sites (N-methyl/N-ethyl adjacent to an activating group) is 1. The zero-order valence-corrected chi connectivity index (χ0v) is 14.4. The molecule has 3 N–H and O–H groups in total. The number of amides is 2. The molecule has 2 amide bonds. The molecular formula is C15H22BrN3O2. The number of aryl methyl sites for hydroxylation is 1. The van der Waals surface area contributed by atoms with E-state index in [-0.39, 0.29) is 24.3 Å². The van der Waals surface area contributed by atoms with Gasteiger partial charge in [-0.2, -0.15) is 0 Å². The molecule has 0 aromatic heterocycles. The molecule has 0 saturated heterocycles. The lowest BCUT2D eigenvalue weighted by molar-refractivity contribution is -0.135. The number of nitrogens with two attached hydrogens (primary N) is 1. The summed E-state index contributed by atoms with van der Waals surface area (Å²) in [5, 5.41) is 2.80. The van der Waals surface area contributed by atoms with Crippen LogP contribution in [0.2, 0.25) is 0 Å². The van der Waals surface area contributed by atoms with Crippen LogP contribution in [-0.4, -0.2) is 36.3 Å². The smallest absolute Gasteiger partial charge is 0.243 e. The SMILES string of the molecule is Cc1cc(Br)ccc1NC(=O)CN(C)C(=O)[C@@H](N)C(C)C. The lowest BCUT2D eigenvalue weighted by atomic mass is 10.0. The Morgan fingerprint density at radius 3 is 2.52 bits per heavy atom. The van der Waals surface area contributed by atoms with Gasteiger partial charge in [-0.05, 0) is 36.6 Å². The van der Waals surface area contributed by atoms with E-state index in [2.05, 4.69) is 21.2 Å². The summed E-state index contributed by atoms with van der Waals surface area (Å²) in [5.41, 5.74) is 7.48. The van der Waals surface area contributed by atoms with Crippen molar-refractivity contribution in [1.29, 1.82) is 0 Å². The van der Waals surface area contributed by atoms with E-state index in [9.17, 15) is 9.59 Å². The molecule has 21 heavy (non-hydrogen) atoms. The summed E-state index contributed by atoms with van der Waals surface area (Å²) >= 11 is 3.37. The van der Waals surface area contributed by atoms with Gasteiger partial charge in [0.15, 0.2) is 0 Å². The summed E-state index contributed by atoms with van der Waals surface area (Å²) in [6, 6.07) is 5.00. The van der Waals surface area contributed by atoms with Gasteiger partial charge in [-0.3, -0.25) is 9.59 Å². The first-order chi connectivity index (χ1) is 9.72. The highest BCUT2D eigenvalue weighted by Gasteiger charge is 2.22. The number of nitrogens with zero attached hydrogens (tertiary/aromatic N) is 1. The molecule has 0 heterocycles. The van der Waals surface area contributed by atoms with Gasteiger partial charge >= 0.3 is 0 Å². The molecule has 0 radical (unpaired) electrons. The molecule has 0 aliphatic carbocycles. The van der Waals surface area contributed by atoms with Crippen LogP contribution in [-0.2, 0) is 9.59 Å². The summed E-state index contributed by atoms with van der Waals surface area (Å²) in [5.74, 6) is -0.434. The molecule has 0 fully saturated rings. The quantitative estimate of drug-likeness (QED) is 0.849. The van der Waals surface area contributed by atoms with Crippen molar-refractivity contribution in [3.63, 3.8) is 0 Å². The molecule has 5 nitrogen and oxygen atoms in total. The van der Waals surface area contributed by atoms with Crippen LogP contribution in [0.15, 0.2) is 22.7 Å². The molecule has 0 bridgehead atoms. The average molecular weight is 356 g/mol. The molecule has 6 heteroatoms. The molecule has 0 aliphatic heterocycles. The zero-order chi connectivity index (χ0) is 16.2. The average Bonchev–Trinajstić information content (AvgIpc) is 2.40. The van der Waals surface area contributed by atoms with E-state index < -0.39 is 6.04 Å². The van der Waals surface area contributed by atoms with Gasteiger partial charge in [0.05, 0.1) is 12.6 Å². The minimum Gasteiger partial charge on any atom is -0.335 e. The lowest BCUT2D eigenvalue weighted by Gasteiger charge is -2.23. The van der Waals surface area contributed by atoms with Gasteiger partial charge in [0.1, 0.15) is 0 Å². The highest BCUT2D eigenvalue weighted by atomic mass is 79.9. The Bertz CT molecular complexity index is 532. The normalized spacial score (nSPS) is 12.1. The van der Waals surface area contributed by atoms with Gasteiger partial charge in [-0.1, -0.05) is 29.8 Å². The maximum atomic E-state index is 12.0. The Labute approximate surface area is 134 Å². The Kier molecular flexibility index (Phi) is 6.36. The van der Waals surface area contributed by atoms with Crippen molar-refractivity contribution in [2.24, 2.45) is 11.7 Å². The van der Waals surface area contributed by atoms with Crippen LogP contribution in [0.4, 0.5) is 5.69 Å². The molecule has 0 saturated carbocycles. The fourth-order valence-electron chi connectivity index (χ4n) is 1.79. The number of hydrogen-bond acceptors (Lipinski definition) is 3. The first kappa shape index (κ1) is 17.7. The van der Waals surface area contributed by atoms with Crippen molar-refractivity contribution in [2.45, 2.75) is 26.8 Å². The molecule has 0 aliphatic rings. The van der Waals surface area contributed by atoms with Crippen molar-refractivity contribution in [3.05, 3.63) is 28.2 Å². The van der Waals surface area contributed by atoms with E-state index in [0.29, 0.717) is 0 Å². The van der Waals surface area contributed by atoms with Gasteiger partial charge in [0.2, 0.25) is 11.8 Å². The third-order valence-electron chi connectivity index (χ3n) is 3.22. The predicted molar refractivity (Wildman–Crippen MR) is 88.0 cm³/mol. The maximum absolute atomic E-state index is 12.0. The fourth-order valence-corrected chi connectivity index (χ4v) is 2.27. The Morgan fingerprint density at radius 2 is 2.00 bits per heavy atom. The fraction of sp³-hybridized carbons (Fsp3) is 0.467. The number of nitrogens with one attached hydrogen (secondary N) is 1. The molecule has 0 spiro atoms. The van der Waals surface area contributed by atoms with Crippen molar-refractivity contribution in [3.8, 4) is 0 Å². The third-order valence-corrected chi connectivity index (χ3v) is 3.72. The van der Waals surface area contributed by atoms with Gasteiger partial charge in [-0.15, -0.1) is 0 Å². The molecule has 1 atom stereocenters. The van der Waals surface area contributed by atoms with E-state index in [1.807, 2.05) is 39.0 Å². The van der Waals surface area contributed by atoms with E-state index >= 15 is 0 Å². The number of benzene rings is 1. The van der Waals surface area contributed by atoms with Crippen LogP contribution in [0, 0.1) is 12.8 Å². The third kappa shape index (κ3) is 5.13. The Morgan fingerprint density at radius 1 is 1.38 bits per heavy atom. The number of anilines is 1. The van der Waals surface area contributed by atoms with Crippen molar-refractivity contribution in [1.82, 2.24) is 4.90 Å². The number of halogens is 1. The van der Waals surface area contributed by atoms with E-state index in [0.717, 1.165) is 15.7 Å². The van der Waals surface area contributed by atoms with E-state index in [1.165, 1.54) is 4.90 Å². The molecule has 1 aromatic rings. The monoisotopic (exact) mass is 355 g/mol. The molecule has 1 rings (SSSR count). The van der Waals surface area contributed by atoms with Crippen LogP contribution in [0.3, 0.4) is 0 Å². The van der Waals surface area contributed by atoms with Crippen LogP contribution in [0.5, 0.6) is 0 Å². The van der Waals surface area contributed by atoms with Gasteiger partial charge in [0, 0.05) is 17.2 Å². The minimum absolute atomic E-state index is 0.0191. The molecular weight excluding hydrogens is 334 g/mol. The van der Waals surface area contributed by atoms with Crippen molar-refractivity contribution < 1.29 is 9.59 Å². The second kappa shape index (κ2) is 7.56. The largest absolute Gasteiger partial charge is 0.335 e. The van der Waals surface area contributed by atoms with Crippen molar-refractivity contribution >= 4 is 33.4 Å². The second-order valence-corrected chi connectivity index (χ2v) is 6.39. The van der Waals surface area contributed by atoms with E-state index in [1.54, 1.807) is 7.05 Å². The molecule has 1 aromatic carbocycles. The summed E-state index contributed by atoms with van der Waals surface area (Å²) in [6.45, 7) is 5.64. The van der Waals surface area contributed by atoms with Crippen LogP contribution >= 0.6 is 15.9 Å². The topological polar surface area (TPSA) is 75.4 Å². The number of rotatable bonds is 5. The second-order valence-electron chi connectivity index (χ2n) is 5.47. The Hall–Kier alpha value is -1.40. The van der Waals surface area contributed by atoms with Crippen molar-refractivity contribution in [2.75, 3.05) is 18.9 Å². The van der Waals surface area contributed by atoms with Crippen LogP contribution in [0.1, 0.15) is 19.4 Å². The van der Waals surface area contributed by atoms with Gasteiger partial charge in [-0.25, -0.2) is 0 Å². The minimum atomic E-state index is -0.586. The number of carbonyl (C=O) groups is 2. The summed E-state index contributed by atoms with van der Waals surface area (Å²) in [4.78, 5) is 25.4. The number of carbonyl (C=O) groups excluding carboxylic acids is 2. The summed E-state index contributed by atoms with van der Waals surface area (Å²) in [7, 11) is 1.58. The molecule has 116 valence electrons. The lowest BCUT2D eigenvalue weighted by Crippen LogP contribution is -2.47. The standard InChI is InChI=1S/C15H22BrN3O2/c1-9(2)14(17)15(21)19(4)8-13(20)18-12-6-5-11(16)7-10(12)3/h5-7,9,14H,8,17H2,1-4H3,(H,18,20)/t14-/m0/s1. The molecule has 0 unspecified atom stereocenters. The van der Waals surface area contributed by atoms with Crippen LogP contribution < -0.4 is 11.1 Å². The predicted octanol–water partition coefficient (Wildman–Crippen LogP) is 2.14. The highest BCUT2D eigenvalue weighted by Crippen LogP contribution is 2.19. The Balaban J connectivity index is 2.63. The van der Waals surface area contributed by atoms with Gasteiger partial charge in [0.25, 0.3) is 0 Å². The highest BCUT2D eigenvalue weighted by molar-refractivity contribution is 9.10. The summed E-state index contributed by atoms with van der Waals surface area (Å²) < 4.78 is 0.952. The maximum Gasteiger partial charge on any atom is 0.243 e. The summed E-state index contributed by atoms with van der Waals surface area (Å²) in [6.07, 6.45) is 0. The van der Waals surface area contributed by atoms with Gasteiger partial charge < -0.3 is 16.0 Å². The first-order valence-electron chi connectivity index (χ1n) is 6.79. The zero-order valence-electron chi connectivity index (χ0n) is 12.8. The van der Waals surface area contributed by atoms with Crippen LogP contribution in [0.25, 0.3) is 0 Å². The van der Waals surface area contributed by atoms with E-state index in [4.69, 9.17) is 5.73 Å².